The zero-order valence-corrected chi connectivity index (χ0v) is 11.8. The number of carbonyl (C=O) groups excluding carboxylic acids is 1. The molecule has 0 unspecified atom stereocenters. The molecule has 1 rings (SSSR count). The van der Waals surface area contributed by atoms with E-state index in [1.807, 2.05) is 13.0 Å². The number of nitrogens with one attached hydrogen (secondary N) is 1. The molecule has 0 aliphatic heterocycles. The Hall–Kier alpha value is -1.07. The summed E-state index contributed by atoms with van der Waals surface area (Å²) in [7, 11) is 3.12. The molecule has 0 heterocycles. The van der Waals surface area contributed by atoms with Crippen molar-refractivity contribution in [3.8, 4) is 5.75 Å². The zero-order valence-electron chi connectivity index (χ0n) is 10.2. The average molecular weight is 302 g/mol. The molecule has 4 nitrogen and oxygen atoms in total. The summed E-state index contributed by atoms with van der Waals surface area (Å²) in [6.07, 6.45) is 0.890. The molecule has 0 spiro atoms. The normalized spacial score (nSPS) is 10.1. The summed E-state index contributed by atoms with van der Waals surface area (Å²) in [5.41, 5.74) is 4.35. The van der Waals surface area contributed by atoms with Gasteiger partial charge < -0.3 is 4.74 Å². The zero-order chi connectivity index (χ0) is 12.8. The first-order valence-corrected chi connectivity index (χ1v) is 6.08. The monoisotopic (exact) mass is 301 g/mol. The van der Waals surface area contributed by atoms with Gasteiger partial charge in [-0.3, -0.25) is 15.1 Å². The van der Waals surface area contributed by atoms with Crippen LogP contribution in [0.5, 0.6) is 5.75 Å². The second-order valence-electron chi connectivity index (χ2n) is 3.51. The number of Topliss-reactive ketones (excluding diaryl/α,β-unsaturated/α-hetero) is 1. The quantitative estimate of drug-likeness (QED) is 0.821. The number of halogens is 1. The third-order valence-electron chi connectivity index (χ3n) is 2.36. The number of methoxy groups -OCH3 is 1. The number of ketones is 1. The Bertz CT molecular complexity index is 407. The Morgan fingerprint density at radius 2 is 2.12 bits per heavy atom. The first kappa shape index (κ1) is 14.0. The smallest absolute Gasteiger partial charge is 0.137 e. The van der Waals surface area contributed by atoms with Crippen molar-refractivity contribution in [3.63, 3.8) is 0 Å². The van der Waals surface area contributed by atoms with Crippen LogP contribution in [0.2, 0.25) is 0 Å². The fraction of sp³-hybridized carbons (Fsp3) is 0.417. The van der Waals surface area contributed by atoms with E-state index in [9.17, 15) is 4.79 Å². The lowest BCUT2D eigenvalue weighted by atomic mass is 10.1. The number of anilines is 1. The minimum atomic E-state index is 0.177. The van der Waals surface area contributed by atoms with Gasteiger partial charge in [-0.1, -0.05) is 22.9 Å². The van der Waals surface area contributed by atoms with Crippen molar-refractivity contribution in [1.82, 2.24) is 0 Å². The van der Waals surface area contributed by atoms with E-state index in [0.717, 1.165) is 15.7 Å². The Balaban J connectivity index is 3.07. The Kier molecular flexibility index (Phi) is 5.44. The van der Waals surface area contributed by atoms with Crippen molar-refractivity contribution in [2.45, 2.75) is 19.8 Å². The van der Waals surface area contributed by atoms with Gasteiger partial charge in [0.25, 0.3) is 0 Å². The maximum Gasteiger partial charge on any atom is 0.137 e. The van der Waals surface area contributed by atoms with Crippen molar-refractivity contribution >= 4 is 27.4 Å². The summed E-state index contributed by atoms with van der Waals surface area (Å²) in [6, 6.07) is 3.65. The third kappa shape index (κ3) is 3.71. The lowest BCUT2D eigenvalue weighted by molar-refractivity contribution is -0.118. The predicted molar refractivity (Wildman–Crippen MR) is 70.3 cm³/mol. The number of rotatable bonds is 6. The summed E-state index contributed by atoms with van der Waals surface area (Å²) >= 11 is 3.44. The van der Waals surface area contributed by atoms with Gasteiger partial charge in [0.15, 0.2) is 0 Å². The van der Waals surface area contributed by atoms with E-state index >= 15 is 0 Å². The van der Waals surface area contributed by atoms with E-state index in [-0.39, 0.29) is 5.78 Å². The molecule has 17 heavy (non-hydrogen) atoms. The van der Waals surface area contributed by atoms with E-state index in [4.69, 9.17) is 9.57 Å². The minimum absolute atomic E-state index is 0.177. The van der Waals surface area contributed by atoms with Crippen LogP contribution in [0.4, 0.5) is 5.69 Å². The lowest BCUT2D eigenvalue weighted by Gasteiger charge is -2.13. The van der Waals surface area contributed by atoms with Gasteiger partial charge in [-0.15, -0.1) is 0 Å². The highest BCUT2D eigenvalue weighted by Gasteiger charge is 2.13. The molecule has 0 atom stereocenters. The van der Waals surface area contributed by atoms with Crippen LogP contribution in [0.3, 0.4) is 0 Å². The molecular formula is C12H16BrNO3. The largest absolute Gasteiger partial charge is 0.496 e. The fourth-order valence-corrected chi connectivity index (χ4v) is 2.05. The van der Waals surface area contributed by atoms with Gasteiger partial charge in [0, 0.05) is 28.9 Å². The van der Waals surface area contributed by atoms with Crippen molar-refractivity contribution in [1.29, 1.82) is 0 Å². The molecular weight excluding hydrogens is 286 g/mol. The Morgan fingerprint density at radius 1 is 1.41 bits per heavy atom. The van der Waals surface area contributed by atoms with Gasteiger partial charge in [0.05, 0.1) is 19.9 Å². The van der Waals surface area contributed by atoms with Crippen molar-refractivity contribution < 1.29 is 14.4 Å². The second-order valence-corrected chi connectivity index (χ2v) is 4.37. The molecule has 1 aromatic rings. The SMILES string of the molecule is CCC(=O)Cc1c(Br)cc(NOC)cc1OC. The van der Waals surface area contributed by atoms with Crippen molar-refractivity contribution in [3.05, 3.63) is 22.2 Å². The third-order valence-corrected chi connectivity index (χ3v) is 3.07. The number of benzene rings is 1. The molecule has 5 heteroatoms. The van der Waals surface area contributed by atoms with E-state index < -0.39 is 0 Å². The highest BCUT2D eigenvalue weighted by molar-refractivity contribution is 9.10. The maximum atomic E-state index is 11.5. The lowest BCUT2D eigenvalue weighted by Crippen LogP contribution is -2.05. The molecule has 1 N–H and O–H groups in total. The van der Waals surface area contributed by atoms with Crippen molar-refractivity contribution in [2.75, 3.05) is 19.7 Å². The Labute approximate surface area is 109 Å². The first-order chi connectivity index (χ1) is 8.12. The summed E-state index contributed by atoms with van der Waals surface area (Å²) in [5, 5.41) is 0. The molecule has 0 amide bonds. The molecule has 94 valence electrons. The highest BCUT2D eigenvalue weighted by Crippen LogP contribution is 2.32. The summed E-state index contributed by atoms with van der Waals surface area (Å²) < 4.78 is 6.11. The summed E-state index contributed by atoms with van der Waals surface area (Å²) in [4.78, 5) is 16.3. The average Bonchev–Trinajstić information content (AvgIpc) is 2.32. The van der Waals surface area contributed by atoms with Crippen LogP contribution in [-0.2, 0) is 16.1 Å². The van der Waals surface area contributed by atoms with Crippen LogP contribution in [-0.4, -0.2) is 20.0 Å². The molecule has 0 saturated carbocycles. The number of hydrogen-bond donors (Lipinski definition) is 1. The second kappa shape index (κ2) is 6.61. The van der Waals surface area contributed by atoms with Gasteiger partial charge in [-0.25, -0.2) is 0 Å². The van der Waals surface area contributed by atoms with Gasteiger partial charge >= 0.3 is 0 Å². The van der Waals surface area contributed by atoms with E-state index in [0.29, 0.717) is 18.6 Å². The molecule has 0 bridgehead atoms. The van der Waals surface area contributed by atoms with Crippen LogP contribution in [0.1, 0.15) is 18.9 Å². The molecule has 1 aromatic carbocycles. The fourth-order valence-electron chi connectivity index (χ4n) is 1.46. The molecule has 0 aromatic heterocycles. The standard InChI is InChI=1S/C12H16BrNO3/c1-4-9(15)7-10-11(13)5-8(14-17-3)6-12(10)16-2/h5-6,14H,4,7H2,1-3H3. The molecule has 0 aliphatic carbocycles. The van der Waals surface area contributed by atoms with E-state index in [2.05, 4.69) is 21.4 Å². The topological polar surface area (TPSA) is 47.6 Å². The first-order valence-electron chi connectivity index (χ1n) is 5.29. The van der Waals surface area contributed by atoms with E-state index in [1.165, 1.54) is 7.11 Å². The molecule has 0 aliphatic rings. The molecule has 0 radical (unpaired) electrons. The van der Waals surface area contributed by atoms with Gasteiger partial charge in [-0.05, 0) is 6.07 Å². The van der Waals surface area contributed by atoms with Crippen LogP contribution in [0, 0.1) is 0 Å². The summed E-state index contributed by atoms with van der Waals surface area (Å²) in [5.74, 6) is 0.845. The van der Waals surface area contributed by atoms with Gasteiger partial charge in [-0.2, -0.15) is 0 Å². The van der Waals surface area contributed by atoms with E-state index in [1.54, 1.807) is 13.2 Å². The number of hydrogen-bond acceptors (Lipinski definition) is 4. The molecule has 0 saturated heterocycles. The molecule has 0 fully saturated rings. The maximum absolute atomic E-state index is 11.5. The van der Waals surface area contributed by atoms with Crippen LogP contribution < -0.4 is 10.2 Å². The van der Waals surface area contributed by atoms with Gasteiger partial charge in [0.2, 0.25) is 0 Å². The van der Waals surface area contributed by atoms with Gasteiger partial charge in [0.1, 0.15) is 11.5 Å². The van der Waals surface area contributed by atoms with Crippen LogP contribution in [0.15, 0.2) is 16.6 Å². The Morgan fingerprint density at radius 3 is 2.65 bits per heavy atom. The van der Waals surface area contributed by atoms with Crippen molar-refractivity contribution in [2.24, 2.45) is 0 Å². The number of ether oxygens (including phenoxy) is 1. The predicted octanol–water partition coefficient (Wildman–Crippen LogP) is 2.95. The van der Waals surface area contributed by atoms with Crippen LogP contribution in [0.25, 0.3) is 0 Å². The minimum Gasteiger partial charge on any atom is -0.496 e. The number of carbonyl (C=O) groups is 1. The summed E-state index contributed by atoms with van der Waals surface area (Å²) in [6.45, 7) is 1.85. The van der Waals surface area contributed by atoms with Crippen LogP contribution >= 0.6 is 15.9 Å². The highest BCUT2D eigenvalue weighted by atomic mass is 79.9.